The highest BCUT2D eigenvalue weighted by Crippen LogP contribution is 2.33. The minimum absolute atomic E-state index is 0.344. The first kappa shape index (κ1) is 14.4. The number of methoxy groups -OCH3 is 1. The molecule has 0 radical (unpaired) electrons. The minimum atomic E-state index is -0.444. The van der Waals surface area contributed by atoms with Crippen molar-refractivity contribution >= 4 is 11.9 Å². The third-order valence-electron chi connectivity index (χ3n) is 3.44. The second-order valence-corrected chi connectivity index (χ2v) is 4.87. The number of carbonyl (C=O) groups is 2. The monoisotopic (exact) mass is 278 g/mol. The Kier molecular flexibility index (Phi) is 4.27. The Morgan fingerprint density at radius 1 is 1.30 bits per heavy atom. The number of cyclic esters (lactones) is 1. The van der Waals surface area contributed by atoms with E-state index in [1.54, 1.807) is 14.0 Å². The van der Waals surface area contributed by atoms with Crippen molar-refractivity contribution in [3.63, 3.8) is 0 Å². The summed E-state index contributed by atoms with van der Waals surface area (Å²) in [5.41, 5.74) is 0.864. The van der Waals surface area contributed by atoms with Gasteiger partial charge < -0.3 is 14.2 Å². The van der Waals surface area contributed by atoms with Crippen LogP contribution >= 0.6 is 0 Å². The molecule has 0 saturated carbocycles. The van der Waals surface area contributed by atoms with Crippen molar-refractivity contribution < 1.29 is 23.8 Å². The molecule has 1 heterocycles. The fourth-order valence-corrected chi connectivity index (χ4v) is 2.25. The normalized spacial score (nSPS) is 25.8. The number of rotatable bonds is 3. The predicted molar refractivity (Wildman–Crippen MR) is 71.2 cm³/mol. The number of esters is 2. The van der Waals surface area contributed by atoms with E-state index >= 15 is 0 Å². The summed E-state index contributed by atoms with van der Waals surface area (Å²) in [6.07, 6.45) is -0.367. The van der Waals surface area contributed by atoms with Crippen molar-refractivity contribution in [3.05, 3.63) is 29.8 Å². The Labute approximate surface area is 117 Å². The van der Waals surface area contributed by atoms with Gasteiger partial charge in [-0.1, -0.05) is 12.1 Å². The molecule has 1 fully saturated rings. The van der Waals surface area contributed by atoms with E-state index in [1.807, 2.05) is 24.3 Å². The number of carbonyl (C=O) groups excluding carboxylic acids is 2. The first-order chi connectivity index (χ1) is 9.51. The molecule has 1 aliphatic heterocycles. The number of hydrogen-bond acceptors (Lipinski definition) is 5. The fraction of sp³-hybridized carbons (Fsp3) is 0.467. The number of hydrogen-bond donors (Lipinski definition) is 0. The fourth-order valence-electron chi connectivity index (χ4n) is 2.25. The zero-order valence-electron chi connectivity index (χ0n) is 11.8. The zero-order chi connectivity index (χ0) is 14.7. The molecule has 0 N–H and O–H groups in total. The van der Waals surface area contributed by atoms with Crippen molar-refractivity contribution in [2.45, 2.75) is 32.5 Å². The van der Waals surface area contributed by atoms with Gasteiger partial charge in [-0.2, -0.15) is 0 Å². The Hall–Kier alpha value is -2.04. The highest BCUT2D eigenvalue weighted by molar-refractivity contribution is 5.75. The molecule has 3 unspecified atom stereocenters. The maximum Gasteiger partial charge on any atom is 0.313 e. The van der Waals surface area contributed by atoms with Gasteiger partial charge in [0.2, 0.25) is 0 Å². The molecule has 20 heavy (non-hydrogen) atoms. The van der Waals surface area contributed by atoms with Crippen molar-refractivity contribution in [1.82, 2.24) is 0 Å². The highest BCUT2D eigenvalue weighted by atomic mass is 16.6. The summed E-state index contributed by atoms with van der Waals surface area (Å²) in [7, 11) is 1.59. The lowest BCUT2D eigenvalue weighted by Gasteiger charge is -2.33. The van der Waals surface area contributed by atoms with Gasteiger partial charge in [0.25, 0.3) is 0 Å². The van der Waals surface area contributed by atoms with Gasteiger partial charge in [-0.05, 0) is 24.6 Å². The number of ether oxygens (including phenoxy) is 3. The van der Waals surface area contributed by atoms with Crippen LogP contribution in [0.5, 0.6) is 5.75 Å². The molecule has 0 spiro atoms. The van der Waals surface area contributed by atoms with Crippen LogP contribution in [0.1, 0.15) is 31.9 Å². The van der Waals surface area contributed by atoms with Crippen LogP contribution in [0.25, 0.3) is 0 Å². The molecule has 0 aromatic heterocycles. The Morgan fingerprint density at radius 3 is 2.50 bits per heavy atom. The van der Waals surface area contributed by atoms with Crippen molar-refractivity contribution in [1.29, 1.82) is 0 Å². The maximum absolute atomic E-state index is 11.9. The predicted octanol–water partition coefficient (Wildman–Crippen LogP) is 2.25. The molecule has 108 valence electrons. The molecule has 0 amide bonds. The molecule has 1 aliphatic rings. The molecular weight excluding hydrogens is 260 g/mol. The van der Waals surface area contributed by atoms with Gasteiger partial charge in [0.1, 0.15) is 18.0 Å². The van der Waals surface area contributed by atoms with Gasteiger partial charge in [-0.25, -0.2) is 0 Å². The van der Waals surface area contributed by atoms with E-state index in [4.69, 9.17) is 14.2 Å². The topological polar surface area (TPSA) is 61.8 Å². The molecule has 1 saturated heterocycles. The van der Waals surface area contributed by atoms with Crippen LogP contribution in [0.15, 0.2) is 24.3 Å². The van der Waals surface area contributed by atoms with E-state index in [9.17, 15) is 9.59 Å². The minimum Gasteiger partial charge on any atom is -0.497 e. The van der Waals surface area contributed by atoms with Gasteiger partial charge in [0.15, 0.2) is 0 Å². The van der Waals surface area contributed by atoms with Crippen LogP contribution in [0.2, 0.25) is 0 Å². The third-order valence-corrected chi connectivity index (χ3v) is 3.44. The SMILES string of the molecule is COc1ccc(C2CC(OC(C)=O)C(C)C(=O)O2)cc1. The molecule has 1 aromatic carbocycles. The lowest BCUT2D eigenvalue weighted by atomic mass is 9.92. The lowest BCUT2D eigenvalue weighted by molar-refractivity contribution is -0.177. The third kappa shape index (κ3) is 3.10. The van der Waals surface area contributed by atoms with Crippen LogP contribution in [0.4, 0.5) is 0 Å². The molecular formula is C15H18O5. The van der Waals surface area contributed by atoms with Crippen LogP contribution in [0, 0.1) is 5.92 Å². The summed E-state index contributed by atoms with van der Waals surface area (Å²) < 4.78 is 15.7. The smallest absolute Gasteiger partial charge is 0.313 e. The maximum atomic E-state index is 11.9. The van der Waals surface area contributed by atoms with Crippen molar-refractivity contribution in [2.75, 3.05) is 7.11 Å². The quantitative estimate of drug-likeness (QED) is 0.794. The second kappa shape index (κ2) is 5.94. The largest absolute Gasteiger partial charge is 0.497 e. The van der Waals surface area contributed by atoms with Gasteiger partial charge >= 0.3 is 11.9 Å². The summed E-state index contributed by atoms with van der Waals surface area (Å²) in [4.78, 5) is 23.0. The summed E-state index contributed by atoms with van der Waals surface area (Å²) in [5, 5.41) is 0. The Morgan fingerprint density at radius 2 is 1.95 bits per heavy atom. The van der Waals surface area contributed by atoms with Crippen LogP contribution < -0.4 is 4.74 Å². The van der Waals surface area contributed by atoms with E-state index < -0.39 is 18.1 Å². The first-order valence-electron chi connectivity index (χ1n) is 6.53. The van der Waals surface area contributed by atoms with Gasteiger partial charge in [0.05, 0.1) is 13.0 Å². The van der Waals surface area contributed by atoms with E-state index in [1.165, 1.54) is 6.92 Å². The molecule has 0 aliphatic carbocycles. The molecule has 1 aromatic rings. The summed E-state index contributed by atoms with van der Waals surface area (Å²) in [6.45, 7) is 3.05. The second-order valence-electron chi connectivity index (χ2n) is 4.87. The average molecular weight is 278 g/mol. The number of benzene rings is 1. The van der Waals surface area contributed by atoms with Crippen LogP contribution in [-0.4, -0.2) is 25.2 Å². The average Bonchev–Trinajstić information content (AvgIpc) is 2.43. The molecule has 3 atom stereocenters. The zero-order valence-corrected chi connectivity index (χ0v) is 11.8. The molecule has 5 nitrogen and oxygen atoms in total. The van der Waals surface area contributed by atoms with Crippen LogP contribution in [0.3, 0.4) is 0 Å². The first-order valence-corrected chi connectivity index (χ1v) is 6.53. The van der Waals surface area contributed by atoms with Crippen LogP contribution in [-0.2, 0) is 19.1 Å². The summed E-state index contributed by atoms with van der Waals surface area (Å²) in [6, 6.07) is 7.30. The molecule has 0 bridgehead atoms. The summed E-state index contributed by atoms with van der Waals surface area (Å²) in [5.74, 6) is -0.428. The van der Waals surface area contributed by atoms with E-state index in [-0.39, 0.29) is 11.9 Å². The van der Waals surface area contributed by atoms with E-state index in [0.29, 0.717) is 6.42 Å². The standard InChI is InChI=1S/C15H18O5/c1-9-13(19-10(2)16)8-14(20-15(9)17)11-4-6-12(18-3)7-5-11/h4-7,9,13-14H,8H2,1-3H3. The summed E-state index contributed by atoms with van der Waals surface area (Å²) >= 11 is 0. The lowest BCUT2D eigenvalue weighted by Crippen LogP contribution is -2.38. The Balaban J connectivity index is 2.15. The van der Waals surface area contributed by atoms with E-state index in [2.05, 4.69) is 0 Å². The van der Waals surface area contributed by atoms with Gasteiger partial charge in [0, 0.05) is 13.3 Å². The van der Waals surface area contributed by atoms with Gasteiger partial charge in [-0.15, -0.1) is 0 Å². The van der Waals surface area contributed by atoms with Gasteiger partial charge in [-0.3, -0.25) is 9.59 Å². The van der Waals surface area contributed by atoms with Crippen molar-refractivity contribution in [3.8, 4) is 5.75 Å². The Bertz CT molecular complexity index is 493. The molecule has 2 rings (SSSR count). The molecule has 5 heteroatoms. The highest BCUT2D eigenvalue weighted by Gasteiger charge is 2.38. The van der Waals surface area contributed by atoms with E-state index in [0.717, 1.165) is 11.3 Å². The van der Waals surface area contributed by atoms with Crippen molar-refractivity contribution in [2.24, 2.45) is 5.92 Å².